The van der Waals surface area contributed by atoms with Gasteiger partial charge >= 0.3 is 0 Å². The molecule has 6 nitrogen and oxygen atoms in total. The van der Waals surface area contributed by atoms with Crippen LogP contribution < -0.4 is 5.73 Å². The van der Waals surface area contributed by atoms with Crippen LogP contribution in [0.2, 0.25) is 0 Å². The van der Waals surface area contributed by atoms with Gasteiger partial charge in [0.25, 0.3) is 0 Å². The summed E-state index contributed by atoms with van der Waals surface area (Å²) < 4.78 is 5.67. The lowest BCUT2D eigenvalue weighted by molar-refractivity contribution is -0.0374. The van der Waals surface area contributed by atoms with Crippen LogP contribution >= 0.6 is 0 Å². The quantitative estimate of drug-likeness (QED) is 0.285. The molecular formula is C10H22N4O2. The van der Waals surface area contributed by atoms with Gasteiger partial charge in [-0.3, -0.25) is 9.80 Å². The molecule has 0 aliphatic carbocycles. The van der Waals surface area contributed by atoms with E-state index >= 15 is 0 Å². The van der Waals surface area contributed by atoms with Crippen LogP contribution in [0, 0.1) is 0 Å². The summed E-state index contributed by atoms with van der Waals surface area (Å²) in [6.07, 6.45) is 0.213. The van der Waals surface area contributed by atoms with Gasteiger partial charge in [-0.25, -0.2) is 0 Å². The Morgan fingerprint density at radius 3 is 3.06 bits per heavy atom. The van der Waals surface area contributed by atoms with Gasteiger partial charge in [0.2, 0.25) is 0 Å². The zero-order valence-electron chi connectivity index (χ0n) is 10.1. The van der Waals surface area contributed by atoms with Crippen molar-refractivity contribution in [2.75, 3.05) is 46.4 Å². The van der Waals surface area contributed by atoms with Crippen molar-refractivity contribution in [1.29, 1.82) is 0 Å². The van der Waals surface area contributed by atoms with Crippen LogP contribution in [-0.4, -0.2) is 73.3 Å². The Morgan fingerprint density at radius 1 is 1.69 bits per heavy atom. The lowest BCUT2D eigenvalue weighted by Crippen LogP contribution is -2.47. The molecule has 3 N–H and O–H groups in total. The number of nitrogens with zero attached hydrogens (tertiary/aromatic N) is 3. The SMILES string of the molecule is CCN1CCOC(CN(C)CC(N)=NO)C1. The molecule has 1 rings (SSSR count). The Labute approximate surface area is 96.6 Å². The van der Waals surface area contributed by atoms with Crippen molar-refractivity contribution in [2.45, 2.75) is 13.0 Å². The molecule has 1 unspecified atom stereocenters. The average Bonchev–Trinajstić information content (AvgIpc) is 2.28. The number of hydrogen-bond acceptors (Lipinski definition) is 5. The first-order chi connectivity index (χ1) is 7.65. The molecule has 1 aliphatic heterocycles. The zero-order valence-corrected chi connectivity index (χ0v) is 10.1. The molecule has 1 fully saturated rings. The molecule has 0 saturated carbocycles. The minimum Gasteiger partial charge on any atom is -0.409 e. The third-order valence-electron chi connectivity index (χ3n) is 2.75. The van der Waals surface area contributed by atoms with Gasteiger partial charge in [-0.15, -0.1) is 0 Å². The van der Waals surface area contributed by atoms with E-state index in [1.54, 1.807) is 0 Å². The van der Waals surface area contributed by atoms with Crippen LogP contribution in [-0.2, 0) is 4.74 Å². The minimum absolute atomic E-state index is 0.213. The first kappa shape index (κ1) is 13.2. The Hall–Kier alpha value is -0.850. The van der Waals surface area contributed by atoms with Crippen LogP contribution in [0.25, 0.3) is 0 Å². The Morgan fingerprint density at radius 2 is 2.44 bits per heavy atom. The first-order valence-corrected chi connectivity index (χ1v) is 5.64. The predicted molar refractivity (Wildman–Crippen MR) is 62.8 cm³/mol. The number of nitrogens with two attached hydrogens (primary N) is 1. The largest absolute Gasteiger partial charge is 0.409 e. The van der Waals surface area contributed by atoms with E-state index in [9.17, 15) is 0 Å². The number of ether oxygens (including phenoxy) is 1. The highest BCUT2D eigenvalue weighted by atomic mass is 16.5. The van der Waals surface area contributed by atoms with Crippen LogP contribution in [0.5, 0.6) is 0 Å². The predicted octanol–water partition coefficient (Wildman–Crippen LogP) is -0.615. The van der Waals surface area contributed by atoms with Crippen LogP contribution in [0.4, 0.5) is 0 Å². The molecule has 16 heavy (non-hydrogen) atoms. The Kier molecular flexibility index (Phi) is 5.51. The van der Waals surface area contributed by atoms with Crippen molar-refractivity contribution in [3.8, 4) is 0 Å². The highest BCUT2D eigenvalue weighted by Gasteiger charge is 2.20. The highest BCUT2D eigenvalue weighted by Crippen LogP contribution is 2.05. The van der Waals surface area contributed by atoms with E-state index in [4.69, 9.17) is 15.7 Å². The van der Waals surface area contributed by atoms with Gasteiger partial charge in [0.1, 0.15) is 0 Å². The third kappa shape index (κ3) is 4.34. The lowest BCUT2D eigenvalue weighted by atomic mass is 10.2. The molecule has 1 aliphatic rings. The zero-order chi connectivity index (χ0) is 12.0. The minimum atomic E-state index is 0.213. The molecular weight excluding hydrogens is 208 g/mol. The second-order valence-corrected chi connectivity index (χ2v) is 4.17. The second-order valence-electron chi connectivity index (χ2n) is 4.17. The lowest BCUT2D eigenvalue weighted by Gasteiger charge is -2.34. The van der Waals surface area contributed by atoms with Crippen molar-refractivity contribution in [2.24, 2.45) is 10.9 Å². The van der Waals surface area contributed by atoms with Crippen LogP contribution in [0.15, 0.2) is 5.16 Å². The maximum absolute atomic E-state index is 8.47. The summed E-state index contributed by atoms with van der Waals surface area (Å²) in [5.41, 5.74) is 5.44. The second kappa shape index (κ2) is 6.67. The summed E-state index contributed by atoms with van der Waals surface area (Å²) in [7, 11) is 1.94. The first-order valence-electron chi connectivity index (χ1n) is 5.64. The summed E-state index contributed by atoms with van der Waals surface area (Å²) in [6, 6.07) is 0. The fourth-order valence-corrected chi connectivity index (χ4v) is 1.90. The molecule has 0 aromatic heterocycles. The van der Waals surface area contributed by atoms with Crippen LogP contribution in [0.3, 0.4) is 0 Å². The molecule has 0 aromatic rings. The number of rotatable bonds is 5. The maximum Gasteiger partial charge on any atom is 0.153 e. The molecule has 0 radical (unpaired) electrons. The molecule has 1 saturated heterocycles. The van der Waals surface area contributed by atoms with E-state index in [1.807, 2.05) is 11.9 Å². The van der Waals surface area contributed by atoms with Gasteiger partial charge in [-0.1, -0.05) is 12.1 Å². The van der Waals surface area contributed by atoms with Gasteiger partial charge in [0, 0.05) is 19.6 Å². The summed E-state index contributed by atoms with van der Waals surface area (Å²) in [6.45, 7) is 7.23. The molecule has 0 spiro atoms. The van der Waals surface area contributed by atoms with E-state index < -0.39 is 0 Å². The van der Waals surface area contributed by atoms with E-state index in [0.29, 0.717) is 6.54 Å². The topological polar surface area (TPSA) is 74.3 Å². The van der Waals surface area contributed by atoms with Crippen LogP contribution in [0.1, 0.15) is 6.92 Å². The van der Waals surface area contributed by atoms with E-state index in [1.165, 1.54) is 0 Å². The van der Waals surface area contributed by atoms with Crippen molar-refractivity contribution < 1.29 is 9.94 Å². The van der Waals surface area contributed by atoms with Gasteiger partial charge < -0.3 is 15.7 Å². The molecule has 1 atom stereocenters. The monoisotopic (exact) mass is 230 g/mol. The maximum atomic E-state index is 8.47. The molecule has 0 bridgehead atoms. The fraction of sp³-hybridized carbons (Fsp3) is 0.900. The van der Waals surface area contributed by atoms with Gasteiger partial charge in [-0.05, 0) is 13.6 Å². The standard InChI is InChI=1S/C10H22N4O2/c1-3-14-4-5-16-9(7-14)6-13(2)8-10(11)12-15/h9,15H,3-8H2,1-2H3,(H2,11,12). The number of amidine groups is 1. The van der Waals surface area contributed by atoms with Gasteiger partial charge in [0.05, 0.1) is 19.3 Å². The molecule has 94 valence electrons. The highest BCUT2D eigenvalue weighted by molar-refractivity contribution is 5.81. The molecule has 6 heteroatoms. The van der Waals surface area contributed by atoms with Crippen molar-refractivity contribution >= 4 is 5.84 Å². The summed E-state index contributed by atoms with van der Waals surface area (Å²) in [5.74, 6) is 0.227. The number of morpholine rings is 1. The summed E-state index contributed by atoms with van der Waals surface area (Å²) in [4.78, 5) is 4.37. The van der Waals surface area contributed by atoms with E-state index in [2.05, 4.69) is 17.0 Å². The average molecular weight is 230 g/mol. The normalized spacial score (nSPS) is 23.9. The third-order valence-corrected chi connectivity index (χ3v) is 2.75. The smallest absolute Gasteiger partial charge is 0.153 e. The van der Waals surface area contributed by atoms with E-state index in [0.717, 1.165) is 32.8 Å². The Bertz CT molecular complexity index is 235. The Balaban J connectivity index is 2.30. The molecule has 1 heterocycles. The number of hydrogen-bond donors (Lipinski definition) is 2. The number of oxime groups is 1. The van der Waals surface area contributed by atoms with Crippen molar-refractivity contribution in [3.63, 3.8) is 0 Å². The fourth-order valence-electron chi connectivity index (χ4n) is 1.90. The molecule has 0 aromatic carbocycles. The number of likely N-dealkylation sites (N-methyl/N-ethyl adjacent to an activating group) is 2. The van der Waals surface area contributed by atoms with E-state index in [-0.39, 0.29) is 11.9 Å². The molecule has 0 amide bonds. The van der Waals surface area contributed by atoms with Crippen molar-refractivity contribution in [3.05, 3.63) is 0 Å². The van der Waals surface area contributed by atoms with Gasteiger partial charge in [0.15, 0.2) is 5.84 Å². The summed E-state index contributed by atoms with van der Waals surface area (Å²) >= 11 is 0. The summed E-state index contributed by atoms with van der Waals surface area (Å²) in [5, 5.41) is 11.4. The van der Waals surface area contributed by atoms with Crippen molar-refractivity contribution in [1.82, 2.24) is 9.80 Å². The van der Waals surface area contributed by atoms with Gasteiger partial charge in [-0.2, -0.15) is 0 Å².